The van der Waals surface area contributed by atoms with Crippen molar-refractivity contribution in [2.24, 2.45) is 11.5 Å². The van der Waals surface area contributed by atoms with Crippen LogP contribution in [-0.2, 0) is 19.4 Å². The fourth-order valence-corrected chi connectivity index (χ4v) is 6.86. The molecule has 8 heteroatoms. The first-order valence-electron chi connectivity index (χ1n) is 25.7. The zero-order chi connectivity index (χ0) is 52.2. The lowest BCUT2D eigenvalue weighted by Gasteiger charge is -2.20. The van der Waals surface area contributed by atoms with E-state index < -0.39 is 0 Å². The first kappa shape index (κ1) is 65.2. The smallest absolute Gasteiger partial charge is 0.167 e. The topological polar surface area (TPSA) is 105 Å². The second-order valence-corrected chi connectivity index (χ2v) is 14.6. The Balaban J connectivity index is -0.000000510. The summed E-state index contributed by atoms with van der Waals surface area (Å²) in [5.74, 6) is 12.6. The van der Waals surface area contributed by atoms with Gasteiger partial charge >= 0.3 is 0 Å². The number of likely N-dealkylation sites (tertiary alicyclic amines) is 2. The van der Waals surface area contributed by atoms with E-state index >= 15 is 0 Å². The van der Waals surface area contributed by atoms with E-state index in [0.29, 0.717) is 36.6 Å². The molecule has 0 unspecified atom stereocenters. The van der Waals surface area contributed by atoms with Crippen molar-refractivity contribution in [2.45, 2.75) is 128 Å². The summed E-state index contributed by atoms with van der Waals surface area (Å²) in [4.78, 5) is 32.5. The molecule has 1 atom stereocenters. The molecule has 2 saturated heterocycles. The van der Waals surface area contributed by atoms with Gasteiger partial charge in [-0.05, 0) is 99.5 Å². The van der Waals surface area contributed by atoms with Gasteiger partial charge in [0.25, 0.3) is 0 Å². The SMILES string of the molecule is CC.CC.CC.CC.CC.CC.CN(C)[C@@H]1CCN(Cc2ccc(CC(=O)c3cccc(C#C/C=C/N)c3)cc2)C1.N/C=C/C#Cc1cccc(C(=O)Cc2ccc(OCCN3CCCC3)cc2)c1.[3HH].[3HH]. The van der Waals surface area contributed by atoms with Crippen molar-refractivity contribution in [3.05, 3.63) is 161 Å². The number of nitrogens with two attached hydrogens (primary N) is 2. The highest BCUT2D eigenvalue weighted by molar-refractivity contribution is 5.98. The highest BCUT2D eigenvalue weighted by Crippen LogP contribution is 2.19. The molecule has 4 N–H and O–H groups in total. The molecule has 2 fully saturated rings. The van der Waals surface area contributed by atoms with Gasteiger partial charge in [-0.25, -0.2) is 0 Å². The van der Waals surface area contributed by atoms with Gasteiger partial charge in [-0.1, -0.05) is 167 Å². The number of ketones is 2. The van der Waals surface area contributed by atoms with Gasteiger partial charge in [0.05, 0.1) is 0 Å². The number of rotatable bonds is 13. The van der Waals surface area contributed by atoms with Crippen molar-refractivity contribution in [1.82, 2.24) is 14.7 Å². The monoisotopic (exact) mass is 950 g/mol. The molecule has 0 saturated carbocycles. The third kappa shape index (κ3) is 27.6. The quantitative estimate of drug-likeness (QED) is 0.101. The normalized spacial score (nSPS) is 13.3. The lowest BCUT2D eigenvalue weighted by molar-refractivity contribution is 0.0984. The molecule has 0 aliphatic carbocycles. The number of Topliss-reactive ketones (excluding diaryl/α,β-unsaturated/α-hetero) is 2. The summed E-state index contributed by atoms with van der Waals surface area (Å²) >= 11 is 0. The Morgan fingerprint density at radius 2 is 1.06 bits per heavy atom. The van der Waals surface area contributed by atoms with Crippen molar-refractivity contribution in [3.8, 4) is 29.4 Å². The van der Waals surface area contributed by atoms with Crippen LogP contribution in [0.5, 0.6) is 5.75 Å². The Labute approximate surface area is 424 Å². The van der Waals surface area contributed by atoms with Crippen LogP contribution in [0.3, 0.4) is 0 Å². The molecule has 2 heterocycles. The van der Waals surface area contributed by atoms with Gasteiger partial charge in [0.2, 0.25) is 0 Å². The number of hydrogen-bond acceptors (Lipinski definition) is 8. The summed E-state index contributed by atoms with van der Waals surface area (Å²) in [6.07, 6.45) is 10.5. The van der Waals surface area contributed by atoms with Crippen LogP contribution >= 0.6 is 0 Å². The van der Waals surface area contributed by atoms with Gasteiger partial charge in [-0.15, -0.1) is 0 Å². The van der Waals surface area contributed by atoms with E-state index in [4.69, 9.17) is 16.2 Å². The van der Waals surface area contributed by atoms with E-state index in [2.05, 4.69) is 76.7 Å². The van der Waals surface area contributed by atoms with E-state index in [0.717, 1.165) is 54.2 Å². The largest absolute Gasteiger partial charge is 0.492 e. The maximum absolute atomic E-state index is 12.7. The maximum Gasteiger partial charge on any atom is 0.167 e. The third-order valence-corrected chi connectivity index (χ3v) is 10.1. The summed E-state index contributed by atoms with van der Waals surface area (Å²) in [7, 11) is 4.30. The van der Waals surface area contributed by atoms with E-state index in [-0.39, 0.29) is 14.4 Å². The van der Waals surface area contributed by atoms with Crippen LogP contribution in [0.2, 0.25) is 0 Å². The number of hydrogen-bond donors (Lipinski definition) is 2. The van der Waals surface area contributed by atoms with Crippen LogP contribution in [0.15, 0.2) is 122 Å². The van der Waals surface area contributed by atoms with Crippen molar-refractivity contribution in [2.75, 3.05) is 53.4 Å². The number of benzene rings is 4. The van der Waals surface area contributed by atoms with E-state index in [1.165, 1.54) is 50.3 Å². The van der Waals surface area contributed by atoms with E-state index in [9.17, 15) is 9.59 Å². The van der Waals surface area contributed by atoms with Crippen LogP contribution in [0.4, 0.5) is 0 Å². The van der Waals surface area contributed by atoms with Gasteiger partial charge in [0.1, 0.15) is 12.4 Å². The third-order valence-electron chi connectivity index (χ3n) is 10.1. The van der Waals surface area contributed by atoms with Gasteiger partial charge in [-0.2, -0.15) is 0 Å². The second kappa shape index (κ2) is 43.4. The van der Waals surface area contributed by atoms with Crippen LogP contribution < -0.4 is 16.2 Å². The predicted octanol–water partition coefficient (Wildman–Crippen LogP) is 13.1. The van der Waals surface area contributed by atoms with E-state index in [1.807, 2.05) is 156 Å². The molecular weight excluding hydrogens is 851 g/mol. The summed E-state index contributed by atoms with van der Waals surface area (Å²) < 4.78 is 5.82. The Morgan fingerprint density at radius 1 is 0.623 bits per heavy atom. The molecule has 6 rings (SSSR count). The average Bonchev–Trinajstić information content (AvgIpc) is 4.13. The molecule has 2 aliphatic rings. The Morgan fingerprint density at radius 3 is 1.48 bits per heavy atom. The highest BCUT2D eigenvalue weighted by atomic mass is 16.5. The summed E-state index contributed by atoms with van der Waals surface area (Å²) in [5, 5.41) is 0. The molecule has 4 aromatic carbocycles. The van der Waals surface area contributed by atoms with Crippen LogP contribution in [0.25, 0.3) is 0 Å². The Kier molecular flexibility index (Phi) is 41.0. The zero-order valence-electron chi connectivity index (χ0n) is 45.3. The maximum atomic E-state index is 12.7. The number of nitrogens with zero attached hydrogens (tertiary/aromatic N) is 3. The van der Waals surface area contributed by atoms with Crippen molar-refractivity contribution in [1.29, 1.82) is 0 Å². The summed E-state index contributed by atoms with van der Waals surface area (Å²) in [6.45, 7) is 31.3. The van der Waals surface area contributed by atoms with Gasteiger partial charge < -0.3 is 21.1 Å². The molecule has 4 aromatic rings. The Hall–Kier alpha value is -5.90. The summed E-state index contributed by atoms with van der Waals surface area (Å²) in [5.41, 5.74) is 16.8. The standard InChI is InChI=1S/C25H29N3O.C24H26N2O2.6C2H6.2H2/c1-27(2)24-13-15-28(19-24)18-22-11-9-21(10-12-22)17-25(29)23-8-5-7-20(16-23)6-3-4-14-26;25-13-2-1-6-20-7-5-8-22(18-20)24(27)19-21-9-11-23(12-10-21)28-17-16-26-14-3-4-15-26;6*1-2;;/h4-5,7-12,14,16,24H,13,15,17-19,26H2,1-2H3;2,5,7-13,18H,3-4,14-17,19,25H2;6*1-2H3;2*1H/b14-4+;13-2+;;;;;;;;/t24-;;;;;;;;;/m1........./s1/i;;;;;;;;2*1+2. The molecule has 0 aromatic heterocycles. The molecule has 8 nitrogen and oxygen atoms in total. The number of allylic oxidation sites excluding steroid dienone is 2. The zero-order valence-corrected chi connectivity index (χ0v) is 45.3. The van der Waals surface area contributed by atoms with Gasteiger partial charge in [-0.3, -0.25) is 19.4 Å². The lowest BCUT2D eigenvalue weighted by Crippen LogP contribution is -2.31. The fraction of sp³-hybridized carbons (Fsp3) is 0.443. The van der Waals surface area contributed by atoms with Crippen molar-refractivity contribution in [3.63, 3.8) is 0 Å². The Bertz CT molecular complexity index is 2110. The minimum Gasteiger partial charge on any atom is -0.492 e. The van der Waals surface area contributed by atoms with Crippen LogP contribution in [0, 0.1) is 23.7 Å². The predicted molar refractivity (Wildman–Crippen MR) is 303 cm³/mol. The van der Waals surface area contributed by atoms with Gasteiger partial charge in [0.15, 0.2) is 11.6 Å². The minimum absolute atomic E-state index is 0. The first-order chi connectivity index (χ1) is 33.8. The van der Waals surface area contributed by atoms with E-state index in [1.54, 1.807) is 12.2 Å². The second-order valence-electron chi connectivity index (χ2n) is 14.6. The average molecular weight is 950 g/mol. The van der Waals surface area contributed by atoms with Crippen LogP contribution in [-0.4, -0.2) is 85.7 Å². The molecule has 69 heavy (non-hydrogen) atoms. The van der Waals surface area contributed by atoms with Crippen molar-refractivity contribution < 1.29 is 17.2 Å². The molecule has 0 radical (unpaired) electrons. The first-order valence-corrected chi connectivity index (χ1v) is 25.7. The van der Waals surface area contributed by atoms with Crippen LogP contribution in [0.1, 0.15) is 154 Å². The molecule has 382 valence electrons. The minimum atomic E-state index is 0. The molecule has 2 aliphatic heterocycles. The number of carbonyl (C=O) groups excluding carboxylic acids is 2. The van der Waals surface area contributed by atoms with Gasteiger partial charge in [0, 0.05) is 94.7 Å². The number of ether oxygens (including phenoxy) is 1. The lowest BCUT2D eigenvalue weighted by atomic mass is 10.0. The fourth-order valence-electron chi connectivity index (χ4n) is 6.86. The summed E-state index contributed by atoms with van der Waals surface area (Å²) in [6, 6.07) is 31.7. The molecule has 0 amide bonds. The molecular formula is C61H95N5O3. The number of carbonyl (C=O) groups is 2. The molecule has 0 spiro atoms. The molecule has 0 bridgehead atoms. The number of likely N-dealkylation sites (N-methyl/N-ethyl adjacent to an activating group) is 1. The highest BCUT2D eigenvalue weighted by Gasteiger charge is 2.23. The van der Waals surface area contributed by atoms with Crippen molar-refractivity contribution >= 4 is 11.6 Å².